The zero-order valence-electron chi connectivity index (χ0n) is 13.2. The van der Waals surface area contributed by atoms with Crippen LogP contribution in [0.3, 0.4) is 0 Å². The number of hydrogen-bond donors (Lipinski definition) is 1. The van der Waals surface area contributed by atoms with E-state index in [0.29, 0.717) is 5.69 Å². The number of halogens is 4. The van der Waals surface area contributed by atoms with Gasteiger partial charge in [0.25, 0.3) is 5.91 Å². The standard InChI is InChI=1S/C16H13F4N3O3/c17-9-1-3-10(4-2-9)23-8-21-5-13(23)14(24)22-6-11(15(25)26)12(7-22)16(18,19)20/h1-5,8,11-12H,6-7H2,(H,25,26)/t11-,12-/m1/s1. The van der Waals surface area contributed by atoms with Crippen molar-refractivity contribution in [2.75, 3.05) is 13.1 Å². The van der Waals surface area contributed by atoms with Gasteiger partial charge in [-0.15, -0.1) is 0 Å². The third-order valence-corrected chi connectivity index (χ3v) is 4.31. The molecule has 0 unspecified atom stereocenters. The van der Waals surface area contributed by atoms with E-state index >= 15 is 0 Å². The van der Waals surface area contributed by atoms with E-state index in [-0.39, 0.29) is 5.69 Å². The molecule has 0 aliphatic carbocycles. The van der Waals surface area contributed by atoms with E-state index in [1.165, 1.54) is 41.4 Å². The first-order chi connectivity index (χ1) is 12.2. The highest BCUT2D eigenvalue weighted by atomic mass is 19.4. The number of benzene rings is 1. The van der Waals surface area contributed by atoms with E-state index in [9.17, 15) is 27.2 Å². The Morgan fingerprint density at radius 3 is 2.35 bits per heavy atom. The predicted molar refractivity (Wildman–Crippen MR) is 80.1 cm³/mol. The van der Waals surface area contributed by atoms with Crippen molar-refractivity contribution in [1.82, 2.24) is 14.5 Å². The minimum absolute atomic E-state index is 0.0384. The molecule has 1 fully saturated rings. The lowest BCUT2D eigenvalue weighted by Gasteiger charge is -2.18. The second kappa shape index (κ2) is 6.43. The Hall–Kier alpha value is -2.91. The number of imidazole rings is 1. The lowest BCUT2D eigenvalue weighted by molar-refractivity contribution is -0.187. The van der Waals surface area contributed by atoms with Gasteiger partial charge in [-0.1, -0.05) is 0 Å². The number of carboxylic acid groups (broad SMARTS) is 1. The molecule has 0 bridgehead atoms. The number of aliphatic carboxylic acids is 1. The largest absolute Gasteiger partial charge is 0.481 e. The molecule has 6 nitrogen and oxygen atoms in total. The van der Waals surface area contributed by atoms with Crippen molar-refractivity contribution in [2.45, 2.75) is 6.18 Å². The summed E-state index contributed by atoms with van der Waals surface area (Å²) in [6.45, 7) is -1.29. The minimum atomic E-state index is -4.73. The van der Waals surface area contributed by atoms with Crippen LogP contribution in [-0.4, -0.2) is 50.7 Å². The predicted octanol–water partition coefficient (Wildman–Crippen LogP) is 2.35. The summed E-state index contributed by atoms with van der Waals surface area (Å²) >= 11 is 0. The zero-order valence-corrected chi connectivity index (χ0v) is 13.2. The normalized spacial score (nSPS) is 20.4. The summed E-state index contributed by atoms with van der Waals surface area (Å²) < 4.78 is 53.6. The third-order valence-electron chi connectivity index (χ3n) is 4.31. The van der Waals surface area contributed by atoms with Crippen LogP contribution in [0.2, 0.25) is 0 Å². The highest BCUT2D eigenvalue weighted by molar-refractivity contribution is 5.93. The Labute approximate surface area is 144 Å². The van der Waals surface area contributed by atoms with E-state index in [4.69, 9.17) is 5.11 Å². The zero-order chi connectivity index (χ0) is 19.1. The Balaban J connectivity index is 1.88. The van der Waals surface area contributed by atoms with Crippen molar-refractivity contribution < 1.29 is 32.3 Å². The number of aromatic nitrogens is 2. The van der Waals surface area contributed by atoms with E-state index < -0.39 is 48.8 Å². The Bertz CT molecular complexity index is 832. The number of nitrogens with zero attached hydrogens (tertiary/aromatic N) is 3. The third kappa shape index (κ3) is 3.26. The molecule has 1 aliphatic rings. The van der Waals surface area contributed by atoms with Gasteiger partial charge in [0.15, 0.2) is 0 Å². The first-order valence-electron chi connectivity index (χ1n) is 7.55. The summed E-state index contributed by atoms with van der Waals surface area (Å²) in [6.07, 6.45) is -2.29. The maximum atomic E-state index is 13.1. The quantitative estimate of drug-likeness (QED) is 0.841. The van der Waals surface area contributed by atoms with Gasteiger partial charge in [-0.3, -0.25) is 14.2 Å². The molecule has 0 radical (unpaired) electrons. The van der Waals surface area contributed by atoms with Crippen molar-refractivity contribution in [2.24, 2.45) is 11.8 Å². The van der Waals surface area contributed by atoms with Crippen molar-refractivity contribution in [3.05, 3.63) is 48.3 Å². The molecule has 26 heavy (non-hydrogen) atoms. The van der Waals surface area contributed by atoms with Crippen molar-refractivity contribution in [3.8, 4) is 5.69 Å². The van der Waals surface area contributed by atoms with Crippen molar-refractivity contribution >= 4 is 11.9 Å². The molecule has 1 aromatic heterocycles. The maximum absolute atomic E-state index is 13.1. The van der Waals surface area contributed by atoms with Crippen LogP contribution >= 0.6 is 0 Å². The Kier molecular flexibility index (Phi) is 4.43. The number of amides is 1. The summed E-state index contributed by atoms with van der Waals surface area (Å²) in [5, 5.41) is 9.04. The number of carboxylic acids is 1. The number of alkyl halides is 3. The van der Waals surface area contributed by atoms with Gasteiger partial charge in [0.1, 0.15) is 11.5 Å². The number of likely N-dealkylation sites (tertiary alicyclic amines) is 1. The van der Waals surface area contributed by atoms with Gasteiger partial charge in [-0.05, 0) is 24.3 Å². The summed E-state index contributed by atoms with van der Waals surface area (Å²) in [6, 6.07) is 5.10. The van der Waals surface area contributed by atoms with E-state index in [1.807, 2.05) is 0 Å². The average Bonchev–Trinajstić information content (AvgIpc) is 3.22. The van der Waals surface area contributed by atoms with Crippen LogP contribution in [0.1, 0.15) is 10.5 Å². The molecule has 1 amide bonds. The van der Waals surface area contributed by atoms with Crippen LogP contribution in [0.15, 0.2) is 36.8 Å². The monoisotopic (exact) mass is 371 g/mol. The number of carbonyl (C=O) groups is 2. The smallest absolute Gasteiger partial charge is 0.394 e. The minimum Gasteiger partial charge on any atom is -0.481 e. The van der Waals surface area contributed by atoms with Gasteiger partial charge < -0.3 is 10.0 Å². The molecule has 3 rings (SSSR count). The molecule has 1 N–H and O–H groups in total. The van der Waals surface area contributed by atoms with E-state index in [0.717, 1.165) is 4.90 Å². The lowest BCUT2D eigenvalue weighted by Crippen LogP contribution is -2.34. The molecule has 10 heteroatoms. The molecular weight excluding hydrogens is 358 g/mol. The fraction of sp³-hybridized carbons (Fsp3) is 0.312. The van der Waals surface area contributed by atoms with E-state index in [1.54, 1.807) is 0 Å². The van der Waals surface area contributed by atoms with Crippen LogP contribution in [0.25, 0.3) is 5.69 Å². The van der Waals surface area contributed by atoms with Crippen LogP contribution in [0, 0.1) is 17.7 Å². The highest BCUT2D eigenvalue weighted by Gasteiger charge is 2.53. The van der Waals surface area contributed by atoms with Crippen LogP contribution in [-0.2, 0) is 4.79 Å². The van der Waals surface area contributed by atoms with Gasteiger partial charge in [-0.2, -0.15) is 13.2 Å². The van der Waals surface area contributed by atoms with E-state index in [2.05, 4.69) is 4.98 Å². The fourth-order valence-electron chi connectivity index (χ4n) is 2.97. The molecular formula is C16H13F4N3O3. The van der Waals surface area contributed by atoms with Gasteiger partial charge in [0, 0.05) is 18.8 Å². The molecule has 0 spiro atoms. The van der Waals surface area contributed by atoms with Crippen molar-refractivity contribution in [1.29, 1.82) is 0 Å². The first-order valence-corrected chi connectivity index (χ1v) is 7.55. The summed E-state index contributed by atoms with van der Waals surface area (Å²) in [5.74, 6) is -6.72. The van der Waals surface area contributed by atoms with Gasteiger partial charge in [0.05, 0.1) is 24.4 Å². The summed E-state index contributed by atoms with van der Waals surface area (Å²) in [4.78, 5) is 28.5. The molecule has 1 aliphatic heterocycles. The van der Waals surface area contributed by atoms with Gasteiger partial charge in [0.2, 0.25) is 0 Å². The second-order valence-corrected chi connectivity index (χ2v) is 5.93. The fourth-order valence-corrected chi connectivity index (χ4v) is 2.97. The summed E-state index contributed by atoms with van der Waals surface area (Å²) in [7, 11) is 0. The molecule has 1 aromatic carbocycles. The van der Waals surface area contributed by atoms with Crippen LogP contribution in [0.5, 0.6) is 0 Å². The number of carbonyl (C=O) groups excluding carboxylic acids is 1. The van der Waals surface area contributed by atoms with Gasteiger partial charge in [-0.25, -0.2) is 9.37 Å². The molecule has 2 heterocycles. The Morgan fingerprint density at radius 1 is 1.15 bits per heavy atom. The molecule has 2 aromatic rings. The molecule has 2 atom stereocenters. The first kappa shape index (κ1) is 17.9. The number of hydrogen-bond acceptors (Lipinski definition) is 3. The highest BCUT2D eigenvalue weighted by Crippen LogP contribution is 2.38. The van der Waals surface area contributed by atoms with Crippen molar-refractivity contribution in [3.63, 3.8) is 0 Å². The average molecular weight is 371 g/mol. The lowest BCUT2D eigenvalue weighted by atomic mass is 9.96. The van der Waals surface area contributed by atoms with Gasteiger partial charge >= 0.3 is 12.1 Å². The molecule has 138 valence electrons. The molecule has 1 saturated heterocycles. The maximum Gasteiger partial charge on any atom is 0.394 e. The summed E-state index contributed by atoms with van der Waals surface area (Å²) in [5.41, 5.74) is 0.358. The van der Waals surface area contributed by atoms with Crippen LogP contribution in [0.4, 0.5) is 17.6 Å². The van der Waals surface area contributed by atoms with Crippen LogP contribution < -0.4 is 0 Å². The molecule has 0 saturated carbocycles. The number of rotatable bonds is 3. The SMILES string of the molecule is O=C(O)[C@@H]1CN(C(=O)c2cncn2-c2ccc(F)cc2)C[C@H]1C(F)(F)F. The topological polar surface area (TPSA) is 75.4 Å². The Morgan fingerprint density at radius 2 is 1.81 bits per heavy atom. The second-order valence-electron chi connectivity index (χ2n) is 5.93.